The number of carbonyl (C=O) groups is 1. The number of aliphatic hydroxyl groups is 1. The van der Waals surface area contributed by atoms with Crippen LogP contribution in [0, 0.1) is 11.9 Å². The van der Waals surface area contributed by atoms with Gasteiger partial charge in [-0.05, 0) is 31.7 Å². The van der Waals surface area contributed by atoms with E-state index in [4.69, 9.17) is 0 Å². The summed E-state index contributed by atoms with van der Waals surface area (Å²) in [5.41, 5.74) is -0.954. The van der Waals surface area contributed by atoms with Crippen LogP contribution in [0.15, 0.2) is 18.3 Å². The quantitative estimate of drug-likeness (QED) is 0.840. The summed E-state index contributed by atoms with van der Waals surface area (Å²) in [7, 11) is 0. The standard InChI is InChI=1S/C15H19FN2O2/c16-13-12(5-2-8-17-13)15(20)6-9-18(10-7-15)14(19)11-3-1-4-11/h2,5,8,11,20H,1,3-4,6-7,9-10H2. The minimum absolute atomic E-state index is 0.177. The van der Waals surface area contributed by atoms with Gasteiger partial charge in [0, 0.05) is 30.8 Å². The lowest BCUT2D eigenvalue weighted by Gasteiger charge is -2.40. The van der Waals surface area contributed by atoms with Crippen molar-refractivity contribution in [1.29, 1.82) is 0 Å². The number of amides is 1. The molecule has 20 heavy (non-hydrogen) atoms. The lowest BCUT2D eigenvalue weighted by Crippen LogP contribution is -2.48. The van der Waals surface area contributed by atoms with Crippen molar-refractivity contribution in [3.05, 3.63) is 29.8 Å². The van der Waals surface area contributed by atoms with Gasteiger partial charge in [0.05, 0.1) is 5.60 Å². The summed E-state index contributed by atoms with van der Waals surface area (Å²) in [4.78, 5) is 17.6. The van der Waals surface area contributed by atoms with Gasteiger partial charge >= 0.3 is 0 Å². The molecule has 0 aromatic carbocycles. The molecule has 4 nitrogen and oxygen atoms in total. The van der Waals surface area contributed by atoms with E-state index in [1.807, 2.05) is 4.90 Å². The zero-order valence-corrected chi connectivity index (χ0v) is 11.4. The van der Waals surface area contributed by atoms with Gasteiger partial charge in [0.1, 0.15) is 0 Å². The Balaban J connectivity index is 1.68. The van der Waals surface area contributed by atoms with Crippen molar-refractivity contribution in [2.45, 2.75) is 37.7 Å². The summed E-state index contributed by atoms with van der Waals surface area (Å²) >= 11 is 0. The first-order valence-corrected chi connectivity index (χ1v) is 7.22. The van der Waals surface area contributed by atoms with Crippen molar-refractivity contribution in [3.63, 3.8) is 0 Å². The molecule has 1 saturated heterocycles. The average Bonchev–Trinajstić information content (AvgIpc) is 2.38. The van der Waals surface area contributed by atoms with Crippen LogP contribution in [0.3, 0.4) is 0 Å². The number of hydrogen-bond donors (Lipinski definition) is 1. The number of likely N-dealkylation sites (tertiary alicyclic amines) is 1. The first-order valence-electron chi connectivity index (χ1n) is 7.22. The molecule has 108 valence electrons. The molecule has 1 saturated carbocycles. The second-order valence-corrected chi connectivity index (χ2v) is 5.83. The number of aromatic nitrogens is 1. The molecule has 2 fully saturated rings. The maximum Gasteiger partial charge on any atom is 0.225 e. The molecule has 1 aliphatic carbocycles. The van der Waals surface area contributed by atoms with E-state index >= 15 is 0 Å². The van der Waals surface area contributed by atoms with Gasteiger partial charge in [-0.15, -0.1) is 0 Å². The smallest absolute Gasteiger partial charge is 0.225 e. The van der Waals surface area contributed by atoms with E-state index in [0.29, 0.717) is 25.9 Å². The van der Waals surface area contributed by atoms with E-state index in [1.165, 1.54) is 6.20 Å². The molecule has 0 unspecified atom stereocenters. The van der Waals surface area contributed by atoms with Crippen LogP contribution in [0.4, 0.5) is 4.39 Å². The molecule has 2 heterocycles. The fraction of sp³-hybridized carbons (Fsp3) is 0.600. The van der Waals surface area contributed by atoms with E-state index in [-0.39, 0.29) is 17.4 Å². The highest BCUT2D eigenvalue weighted by atomic mass is 19.1. The number of hydrogen-bond acceptors (Lipinski definition) is 3. The predicted octanol–water partition coefficient (Wildman–Crippen LogP) is 1.83. The first-order chi connectivity index (χ1) is 9.60. The molecule has 2 aliphatic rings. The van der Waals surface area contributed by atoms with Crippen molar-refractivity contribution in [3.8, 4) is 0 Å². The van der Waals surface area contributed by atoms with Crippen LogP contribution >= 0.6 is 0 Å². The van der Waals surface area contributed by atoms with E-state index in [0.717, 1.165) is 19.3 Å². The van der Waals surface area contributed by atoms with Crippen LogP contribution in [0.1, 0.15) is 37.7 Å². The molecular formula is C15H19FN2O2. The summed E-state index contributed by atoms with van der Waals surface area (Å²) in [5.74, 6) is -0.241. The zero-order chi connectivity index (χ0) is 14.2. The molecule has 3 rings (SSSR count). The van der Waals surface area contributed by atoms with Gasteiger partial charge in [0.2, 0.25) is 11.9 Å². The minimum Gasteiger partial charge on any atom is -0.385 e. The van der Waals surface area contributed by atoms with Crippen molar-refractivity contribution in [2.24, 2.45) is 5.92 Å². The summed E-state index contributed by atoms with van der Waals surface area (Å²) in [6.07, 6.45) is 5.21. The lowest BCUT2D eigenvalue weighted by molar-refractivity contribution is -0.142. The van der Waals surface area contributed by atoms with Crippen molar-refractivity contribution >= 4 is 5.91 Å². The number of piperidine rings is 1. The van der Waals surface area contributed by atoms with Crippen LogP contribution in [-0.2, 0) is 10.4 Å². The fourth-order valence-electron chi connectivity index (χ4n) is 3.01. The SMILES string of the molecule is O=C(C1CCC1)N1CCC(O)(c2cccnc2F)CC1. The van der Waals surface area contributed by atoms with Crippen LogP contribution < -0.4 is 0 Å². The van der Waals surface area contributed by atoms with E-state index in [1.54, 1.807) is 12.1 Å². The Labute approximate surface area is 117 Å². The molecule has 0 spiro atoms. The molecule has 0 radical (unpaired) electrons. The third-order valence-electron chi connectivity index (χ3n) is 4.62. The van der Waals surface area contributed by atoms with E-state index in [2.05, 4.69) is 4.98 Å². The summed E-state index contributed by atoms with van der Waals surface area (Å²) in [6.45, 7) is 0.973. The van der Waals surface area contributed by atoms with E-state index < -0.39 is 11.5 Å². The number of carbonyl (C=O) groups excluding carboxylic acids is 1. The summed E-state index contributed by atoms with van der Waals surface area (Å²) in [6, 6.07) is 3.20. The van der Waals surface area contributed by atoms with Gasteiger partial charge in [-0.3, -0.25) is 4.79 Å². The normalized spacial score (nSPS) is 22.4. The maximum absolute atomic E-state index is 13.7. The summed E-state index contributed by atoms with van der Waals surface area (Å²) < 4.78 is 13.7. The molecule has 5 heteroatoms. The van der Waals surface area contributed by atoms with Crippen molar-refractivity contribution in [2.75, 3.05) is 13.1 Å². The Hall–Kier alpha value is -1.49. The molecule has 1 aromatic rings. The number of halogens is 1. The minimum atomic E-state index is -1.20. The molecule has 1 aliphatic heterocycles. The molecule has 0 bridgehead atoms. The van der Waals surface area contributed by atoms with Crippen molar-refractivity contribution in [1.82, 2.24) is 9.88 Å². The van der Waals surface area contributed by atoms with Crippen molar-refractivity contribution < 1.29 is 14.3 Å². The van der Waals surface area contributed by atoms with Crippen LogP contribution in [-0.4, -0.2) is 34.0 Å². The van der Waals surface area contributed by atoms with Crippen LogP contribution in [0.25, 0.3) is 0 Å². The second-order valence-electron chi connectivity index (χ2n) is 5.83. The Bertz CT molecular complexity index is 508. The average molecular weight is 278 g/mol. The highest BCUT2D eigenvalue weighted by Gasteiger charge is 2.39. The highest BCUT2D eigenvalue weighted by Crippen LogP contribution is 2.35. The fourth-order valence-corrected chi connectivity index (χ4v) is 3.01. The predicted molar refractivity (Wildman–Crippen MR) is 71.2 cm³/mol. The third kappa shape index (κ3) is 2.30. The Morgan fingerprint density at radius 2 is 2.10 bits per heavy atom. The van der Waals surface area contributed by atoms with Gasteiger partial charge in [-0.25, -0.2) is 4.98 Å². The maximum atomic E-state index is 13.7. The molecule has 1 N–H and O–H groups in total. The molecule has 0 atom stereocenters. The summed E-state index contributed by atoms with van der Waals surface area (Å²) in [5, 5.41) is 10.6. The van der Waals surface area contributed by atoms with E-state index in [9.17, 15) is 14.3 Å². The number of nitrogens with zero attached hydrogens (tertiary/aromatic N) is 2. The molecule has 1 amide bonds. The van der Waals surface area contributed by atoms with Crippen LogP contribution in [0.5, 0.6) is 0 Å². The molecular weight excluding hydrogens is 259 g/mol. The van der Waals surface area contributed by atoms with Gasteiger partial charge < -0.3 is 10.0 Å². The monoisotopic (exact) mass is 278 g/mol. The first kappa shape index (κ1) is 13.5. The Morgan fingerprint density at radius 3 is 2.65 bits per heavy atom. The third-order valence-corrected chi connectivity index (χ3v) is 4.62. The van der Waals surface area contributed by atoms with Gasteiger partial charge in [-0.2, -0.15) is 4.39 Å². The van der Waals surface area contributed by atoms with Gasteiger partial charge in [0.25, 0.3) is 0 Å². The number of rotatable bonds is 2. The van der Waals surface area contributed by atoms with Gasteiger partial charge in [-0.1, -0.05) is 12.5 Å². The highest BCUT2D eigenvalue weighted by molar-refractivity contribution is 5.79. The largest absolute Gasteiger partial charge is 0.385 e. The lowest BCUT2D eigenvalue weighted by atomic mass is 9.81. The second kappa shape index (κ2) is 5.13. The Morgan fingerprint density at radius 1 is 1.40 bits per heavy atom. The van der Waals surface area contributed by atoms with Gasteiger partial charge in [0.15, 0.2) is 0 Å². The molecule has 1 aromatic heterocycles. The topological polar surface area (TPSA) is 53.4 Å². The number of pyridine rings is 1. The Kier molecular flexibility index (Phi) is 3.46. The zero-order valence-electron chi connectivity index (χ0n) is 11.4. The van der Waals surface area contributed by atoms with Crippen LogP contribution in [0.2, 0.25) is 0 Å².